The number of rotatable bonds is 4. The van der Waals surface area contributed by atoms with Crippen LogP contribution in [0.5, 0.6) is 0 Å². The molecule has 0 radical (unpaired) electrons. The summed E-state index contributed by atoms with van der Waals surface area (Å²) >= 11 is 1.48. The Labute approximate surface area is 155 Å². The number of nitrogens with two attached hydrogens (primary N) is 1. The van der Waals surface area contributed by atoms with Gasteiger partial charge in [-0.05, 0) is 36.9 Å². The van der Waals surface area contributed by atoms with Gasteiger partial charge in [-0.15, -0.1) is 11.3 Å². The van der Waals surface area contributed by atoms with E-state index in [1.165, 1.54) is 11.3 Å². The number of nitrogens with one attached hydrogen (secondary N) is 1. The number of hydrogen-bond acceptors (Lipinski definition) is 7. The summed E-state index contributed by atoms with van der Waals surface area (Å²) in [5.41, 5.74) is 8.05. The molecule has 3 N–H and O–H groups in total. The zero-order valence-electron chi connectivity index (χ0n) is 14.4. The number of likely N-dealkylation sites (tertiary alicyclic amines) is 1. The molecule has 0 aliphatic carbocycles. The van der Waals surface area contributed by atoms with Crippen LogP contribution in [-0.4, -0.2) is 44.9 Å². The number of fused-ring (bicyclic) bond motifs is 1. The lowest BCUT2D eigenvalue weighted by Crippen LogP contribution is -2.32. The number of anilines is 1. The van der Waals surface area contributed by atoms with Crippen molar-refractivity contribution in [1.82, 2.24) is 19.9 Å². The number of nitrogens with zero attached hydrogens (tertiary/aromatic N) is 4. The van der Waals surface area contributed by atoms with Crippen LogP contribution in [0.15, 0.2) is 35.8 Å². The summed E-state index contributed by atoms with van der Waals surface area (Å²) in [6, 6.07) is 7.64. The van der Waals surface area contributed by atoms with Crippen LogP contribution in [0.3, 0.4) is 0 Å². The molecule has 2 atom stereocenters. The predicted molar refractivity (Wildman–Crippen MR) is 102 cm³/mol. The maximum Gasteiger partial charge on any atom is 0.274 e. The molecule has 0 saturated carbocycles. The topological polar surface area (TPSA) is 97.0 Å². The van der Waals surface area contributed by atoms with Gasteiger partial charge in [0, 0.05) is 25.3 Å². The molecule has 1 fully saturated rings. The zero-order valence-corrected chi connectivity index (χ0v) is 15.2. The van der Waals surface area contributed by atoms with Crippen molar-refractivity contribution in [3.63, 3.8) is 0 Å². The minimum Gasteiger partial charge on any atom is -0.346 e. The fourth-order valence-electron chi connectivity index (χ4n) is 3.09. The Hall–Kier alpha value is -2.58. The Morgan fingerprint density at radius 2 is 2.27 bits per heavy atom. The summed E-state index contributed by atoms with van der Waals surface area (Å²) in [6.45, 7) is 3.23. The third-order valence-electron chi connectivity index (χ3n) is 4.50. The molecule has 4 rings (SSSR count). The lowest BCUT2D eigenvalue weighted by Gasteiger charge is -2.17. The fourth-order valence-corrected chi connectivity index (χ4v) is 3.91. The molecule has 1 saturated heterocycles. The van der Waals surface area contributed by atoms with E-state index in [1.54, 1.807) is 11.1 Å². The molecule has 1 aliphatic rings. The predicted octanol–water partition coefficient (Wildman–Crippen LogP) is 2.43. The molecule has 1 aliphatic heterocycles. The van der Waals surface area contributed by atoms with E-state index < -0.39 is 0 Å². The van der Waals surface area contributed by atoms with E-state index >= 15 is 0 Å². The van der Waals surface area contributed by atoms with Crippen molar-refractivity contribution in [2.45, 2.75) is 25.4 Å². The van der Waals surface area contributed by atoms with Crippen LogP contribution in [0.4, 0.5) is 5.95 Å². The van der Waals surface area contributed by atoms with Gasteiger partial charge in [0.25, 0.3) is 5.91 Å². The van der Waals surface area contributed by atoms with Gasteiger partial charge in [0.05, 0.1) is 22.0 Å². The van der Waals surface area contributed by atoms with Gasteiger partial charge in [0.15, 0.2) is 5.69 Å². The molecule has 26 heavy (non-hydrogen) atoms. The van der Waals surface area contributed by atoms with Crippen molar-refractivity contribution in [3.05, 3.63) is 47.2 Å². The van der Waals surface area contributed by atoms with Gasteiger partial charge in [-0.25, -0.2) is 9.97 Å². The lowest BCUT2D eigenvalue weighted by molar-refractivity contribution is 0.0787. The highest BCUT2D eigenvalue weighted by Gasteiger charge is 2.28. The van der Waals surface area contributed by atoms with Gasteiger partial charge in [-0.3, -0.25) is 9.78 Å². The summed E-state index contributed by atoms with van der Waals surface area (Å²) in [5, 5.41) is 5.19. The first-order chi connectivity index (χ1) is 12.6. The molecule has 3 aromatic heterocycles. The third-order valence-corrected chi connectivity index (χ3v) is 5.41. The molecular weight excluding hydrogens is 348 g/mol. The quantitative estimate of drug-likeness (QED) is 0.734. The molecule has 0 bridgehead atoms. The number of pyridine rings is 1. The second-order valence-corrected chi connectivity index (χ2v) is 7.37. The molecule has 1 amide bonds. The van der Waals surface area contributed by atoms with E-state index in [0.717, 1.165) is 22.3 Å². The molecule has 0 aromatic carbocycles. The van der Waals surface area contributed by atoms with Crippen molar-refractivity contribution >= 4 is 33.4 Å². The monoisotopic (exact) mass is 368 g/mol. The van der Waals surface area contributed by atoms with E-state index in [0.29, 0.717) is 24.7 Å². The minimum atomic E-state index is -0.0821. The van der Waals surface area contributed by atoms with Gasteiger partial charge < -0.3 is 16.0 Å². The van der Waals surface area contributed by atoms with E-state index in [2.05, 4.69) is 20.3 Å². The van der Waals surface area contributed by atoms with Crippen LogP contribution in [0.2, 0.25) is 0 Å². The van der Waals surface area contributed by atoms with Crippen molar-refractivity contribution in [2.24, 2.45) is 5.73 Å². The van der Waals surface area contributed by atoms with Gasteiger partial charge >= 0.3 is 0 Å². The number of carbonyl (C=O) groups is 1. The summed E-state index contributed by atoms with van der Waals surface area (Å²) < 4.78 is 0.812. The lowest BCUT2D eigenvalue weighted by atomic mass is 10.2. The van der Waals surface area contributed by atoms with Crippen LogP contribution in [-0.2, 0) is 0 Å². The summed E-state index contributed by atoms with van der Waals surface area (Å²) in [7, 11) is 0. The smallest absolute Gasteiger partial charge is 0.274 e. The van der Waals surface area contributed by atoms with Crippen LogP contribution in [0, 0.1) is 0 Å². The summed E-state index contributed by atoms with van der Waals surface area (Å²) in [4.78, 5) is 28.2. The Balaban J connectivity index is 1.65. The van der Waals surface area contributed by atoms with Gasteiger partial charge in [0.1, 0.15) is 0 Å². The van der Waals surface area contributed by atoms with Gasteiger partial charge in [-0.1, -0.05) is 6.07 Å². The Kier molecular flexibility index (Phi) is 4.52. The molecule has 3 aromatic rings. The van der Waals surface area contributed by atoms with Gasteiger partial charge in [-0.2, -0.15) is 0 Å². The average molecular weight is 368 g/mol. The number of aromatic nitrogens is 3. The van der Waals surface area contributed by atoms with Crippen LogP contribution >= 0.6 is 11.3 Å². The van der Waals surface area contributed by atoms with E-state index in [-0.39, 0.29) is 18.0 Å². The Morgan fingerprint density at radius 3 is 3.00 bits per heavy atom. The largest absolute Gasteiger partial charge is 0.346 e. The number of amides is 1. The summed E-state index contributed by atoms with van der Waals surface area (Å²) in [5.74, 6) is 0.349. The van der Waals surface area contributed by atoms with E-state index in [9.17, 15) is 4.79 Å². The highest BCUT2D eigenvalue weighted by molar-refractivity contribution is 7.17. The number of carbonyl (C=O) groups excluding carboxylic acids is 1. The number of hydrogen-bond donors (Lipinski definition) is 2. The van der Waals surface area contributed by atoms with Crippen molar-refractivity contribution < 1.29 is 4.79 Å². The van der Waals surface area contributed by atoms with Crippen LogP contribution in [0.1, 0.15) is 35.6 Å². The first-order valence-electron chi connectivity index (χ1n) is 8.59. The van der Waals surface area contributed by atoms with Crippen LogP contribution < -0.4 is 11.1 Å². The van der Waals surface area contributed by atoms with Crippen LogP contribution in [0.25, 0.3) is 10.2 Å². The maximum absolute atomic E-state index is 13.0. The molecule has 8 heteroatoms. The molecule has 4 heterocycles. The highest BCUT2D eigenvalue weighted by atomic mass is 32.1. The molecule has 1 unspecified atom stereocenters. The Morgan fingerprint density at radius 1 is 1.38 bits per heavy atom. The Bertz CT molecular complexity index is 928. The first kappa shape index (κ1) is 16.9. The standard InChI is InChI=1S/C18H20N6OS/c1-11(13-4-2-3-7-20-13)21-18-22-14-6-9-26-16(14)15(23-18)17(25)24-8-5-12(19)10-24/h2-4,6-7,9,11-12H,5,8,10,19H2,1H3,(H,21,22,23)/t11-,12?/m0/s1. The minimum absolute atomic E-state index is 0.0430. The van der Waals surface area contributed by atoms with Crippen molar-refractivity contribution in [1.29, 1.82) is 0 Å². The van der Waals surface area contributed by atoms with Crippen molar-refractivity contribution in [2.75, 3.05) is 18.4 Å². The average Bonchev–Trinajstić information content (AvgIpc) is 3.30. The molecule has 134 valence electrons. The zero-order chi connectivity index (χ0) is 18.1. The van der Waals surface area contributed by atoms with Gasteiger partial charge in [0.2, 0.25) is 5.95 Å². The SMILES string of the molecule is C[C@H](Nc1nc(C(=O)N2CCC(N)C2)c2sccc2n1)c1ccccn1. The highest BCUT2D eigenvalue weighted by Crippen LogP contribution is 2.26. The maximum atomic E-state index is 13.0. The molecule has 7 nitrogen and oxygen atoms in total. The fraction of sp³-hybridized carbons (Fsp3) is 0.333. The summed E-state index contributed by atoms with van der Waals surface area (Å²) in [6.07, 6.45) is 2.58. The van der Waals surface area contributed by atoms with E-state index in [4.69, 9.17) is 5.73 Å². The number of thiophene rings is 1. The second-order valence-electron chi connectivity index (χ2n) is 6.45. The van der Waals surface area contributed by atoms with Crippen molar-refractivity contribution in [3.8, 4) is 0 Å². The molecule has 0 spiro atoms. The third kappa shape index (κ3) is 3.25. The van der Waals surface area contributed by atoms with E-state index in [1.807, 2.05) is 36.6 Å². The normalized spacial score (nSPS) is 18.2. The first-order valence-corrected chi connectivity index (χ1v) is 9.47. The molecular formula is C18H20N6OS. The second kappa shape index (κ2) is 6.97.